The summed E-state index contributed by atoms with van der Waals surface area (Å²) >= 11 is 3.55. The van der Waals surface area contributed by atoms with Crippen molar-refractivity contribution in [3.05, 3.63) is 61.7 Å². The third kappa shape index (κ3) is 5.13. The molecule has 9 heteroatoms. The lowest BCUT2D eigenvalue weighted by molar-refractivity contribution is -0.385. The second-order valence-corrected chi connectivity index (χ2v) is 8.52. The molecule has 0 fully saturated rings. The second kappa shape index (κ2) is 10.7. The van der Waals surface area contributed by atoms with Crippen molar-refractivity contribution in [1.82, 2.24) is 4.57 Å². The number of nitro groups is 1. The van der Waals surface area contributed by atoms with Crippen LogP contribution in [0.5, 0.6) is 5.75 Å². The van der Waals surface area contributed by atoms with E-state index in [1.807, 2.05) is 12.1 Å². The Hall–Kier alpha value is -3.07. The summed E-state index contributed by atoms with van der Waals surface area (Å²) in [6.45, 7) is 6.86. The van der Waals surface area contributed by atoms with Crippen molar-refractivity contribution in [3.63, 3.8) is 0 Å². The first-order chi connectivity index (χ1) is 15.8. The maximum atomic E-state index is 13.0. The van der Waals surface area contributed by atoms with E-state index in [-0.39, 0.29) is 12.3 Å². The van der Waals surface area contributed by atoms with Crippen molar-refractivity contribution in [2.75, 3.05) is 19.0 Å². The molecule has 0 aliphatic heterocycles. The number of unbranched alkanes of at least 4 members (excludes halogenated alkanes) is 1. The van der Waals surface area contributed by atoms with Crippen LogP contribution >= 0.6 is 15.9 Å². The lowest BCUT2D eigenvalue weighted by atomic mass is 10.1. The van der Waals surface area contributed by atoms with E-state index >= 15 is 0 Å². The molecule has 1 N–H and O–H groups in total. The molecule has 0 spiro atoms. The van der Waals surface area contributed by atoms with Crippen LogP contribution in [0.2, 0.25) is 0 Å². The number of nitro benzene ring substituents is 1. The molecule has 0 saturated heterocycles. The Labute approximate surface area is 201 Å². The molecule has 0 radical (unpaired) electrons. The molecule has 3 aromatic rings. The molecular formula is C24H28BrN3O5. The number of carbonyl (C=O) groups excluding carboxylic acids is 1. The Kier molecular flexibility index (Phi) is 7.97. The molecule has 0 aliphatic carbocycles. The normalized spacial score (nSPS) is 10.9. The van der Waals surface area contributed by atoms with Gasteiger partial charge in [0.2, 0.25) is 0 Å². The smallest absolute Gasteiger partial charge is 0.340 e. The van der Waals surface area contributed by atoms with Gasteiger partial charge in [0.1, 0.15) is 5.75 Å². The molecule has 1 heterocycles. The van der Waals surface area contributed by atoms with Gasteiger partial charge in [-0.2, -0.15) is 0 Å². The first-order valence-electron chi connectivity index (χ1n) is 10.9. The Morgan fingerprint density at radius 2 is 2.00 bits per heavy atom. The summed E-state index contributed by atoms with van der Waals surface area (Å²) in [5.74, 6) is 0.211. The number of hydrogen-bond donors (Lipinski definition) is 1. The van der Waals surface area contributed by atoms with E-state index < -0.39 is 10.9 Å². The number of benzene rings is 2. The van der Waals surface area contributed by atoms with E-state index in [0.717, 1.165) is 40.5 Å². The summed E-state index contributed by atoms with van der Waals surface area (Å²) in [4.78, 5) is 24.0. The van der Waals surface area contributed by atoms with Gasteiger partial charge in [0.05, 0.1) is 46.4 Å². The number of fused-ring (bicyclic) bond motifs is 1. The molecule has 0 unspecified atom stereocenters. The van der Waals surface area contributed by atoms with Crippen molar-refractivity contribution >= 4 is 44.2 Å². The predicted molar refractivity (Wildman–Crippen MR) is 132 cm³/mol. The fraction of sp³-hybridized carbons (Fsp3) is 0.375. The number of aromatic nitrogens is 1. The van der Waals surface area contributed by atoms with Gasteiger partial charge in [-0.1, -0.05) is 19.4 Å². The van der Waals surface area contributed by atoms with Crippen molar-refractivity contribution < 1.29 is 19.2 Å². The number of nitrogens with zero attached hydrogens (tertiary/aromatic N) is 2. The fourth-order valence-corrected chi connectivity index (χ4v) is 4.34. The number of carbonyl (C=O) groups is 1. The number of halogens is 1. The van der Waals surface area contributed by atoms with Gasteiger partial charge in [-0.25, -0.2) is 4.79 Å². The Bertz CT molecular complexity index is 1190. The molecule has 8 nitrogen and oxygen atoms in total. The van der Waals surface area contributed by atoms with E-state index in [2.05, 4.69) is 32.7 Å². The van der Waals surface area contributed by atoms with Crippen molar-refractivity contribution in [2.45, 2.75) is 46.7 Å². The van der Waals surface area contributed by atoms with Crippen molar-refractivity contribution in [1.29, 1.82) is 0 Å². The first kappa shape index (κ1) is 24.6. The summed E-state index contributed by atoms with van der Waals surface area (Å²) < 4.78 is 13.8. The van der Waals surface area contributed by atoms with Crippen LogP contribution in [0.3, 0.4) is 0 Å². The Morgan fingerprint density at radius 3 is 2.64 bits per heavy atom. The minimum atomic E-state index is -0.409. The highest BCUT2D eigenvalue weighted by Crippen LogP contribution is 2.36. The minimum absolute atomic E-state index is 0.0470. The minimum Gasteiger partial charge on any atom is -0.496 e. The number of esters is 1. The Balaban J connectivity index is 2.14. The fourth-order valence-electron chi connectivity index (χ4n) is 3.85. The highest BCUT2D eigenvalue weighted by Gasteiger charge is 2.25. The van der Waals surface area contributed by atoms with Gasteiger partial charge in [0, 0.05) is 29.2 Å². The molecule has 0 bridgehead atoms. The van der Waals surface area contributed by atoms with Gasteiger partial charge in [-0.05, 0) is 54.4 Å². The molecule has 1 aromatic heterocycles. The summed E-state index contributed by atoms with van der Waals surface area (Å²) in [6.07, 6.45) is 1.92. The highest BCUT2D eigenvalue weighted by atomic mass is 79.9. The monoisotopic (exact) mass is 517 g/mol. The van der Waals surface area contributed by atoms with E-state index in [1.165, 1.54) is 6.07 Å². The van der Waals surface area contributed by atoms with Crippen LogP contribution in [0.1, 0.15) is 48.3 Å². The predicted octanol–water partition coefficient (Wildman–Crippen LogP) is 6.22. The topological polar surface area (TPSA) is 95.6 Å². The van der Waals surface area contributed by atoms with Crippen molar-refractivity contribution in [2.24, 2.45) is 0 Å². The molecule has 2 aromatic carbocycles. The maximum Gasteiger partial charge on any atom is 0.340 e. The largest absolute Gasteiger partial charge is 0.496 e. The second-order valence-electron chi connectivity index (χ2n) is 7.66. The lowest BCUT2D eigenvalue weighted by Crippen LogP contribution is -2.14. The molecular weight excluding hydrogens is 490 g/mol. The molecule has 0 saturated carbocycles. The van der Waals surface area contributed by atoms with Gasteiger partial charge in [0.25, 0.3) is 5.69 Å². The van der Waals surface area contributed by atoms with Gasteiger partial charge < -0.3 is 19.4 Å². The average molecular weight is 518 g/mol. The van der Waals surface area contributed by atoms with Gasteiger partial charge in [-0.3, -0.25) is 10.1 Å². The zero-order valence-electron chi connectivity index (χ0n) is 19.2. The number of nitrogens with one attached hydrogen (secondary N) is 1. The van der Waals surface area contributed by atoms with E-state index in [9.17, 15) is 14.9 Å². The van der Waals surface area contributed by atoms with Crippen LogP contribution in [-0.2, 0) is 17.8 Å². The Morgan fingerprint density at radius 1 is 1.24 bits per heavy atom. The SMILES string of the molecule is CCCCn1c(CNc2ccc(C)c([N+](=O)[O-])c2)c(C(=O)OCC)c2cc(OC)c(Br)cc21. The van der Waals surface area contributed by atoms with Gasteiger partial charge >= 0.3 is 5.97 Å². The van der Waals surface area contributed by atoms with Crippen LogP contribution < -0.4 is 10.1 Å². The summed E-state index contributed by atoms with van der Waals surface area (Å²) in [5, 5.41) is 15.4. The summed E-state index contributed by atoms with van der Waals surface area (Å²) in [5.41, 5.74) is 3.37. The average Bonchev–Trinajstić information content (AvgIpc) is 3.08. The number of anilines is 1. The van der Waals surface area contributed by atoms with E-state index in [1.54, 1.807) is 33.1 Å². The lowest BCUT2D eigenvalue weighted by Gasteiger charge is -2.14. The third-order valence-corrected chi connectivity index (χ3v) is 6.14. The van der Waals surface area contributed by atoms with E-state index in [4.69, 9.17) is 9.47 Å². The number of ether oxygens (including phenoxy) is 2. The summed E-state index contributed by atoms with van der Waals surface area (Å²) in [6, 6.07) is 8.81. The number of methoxy groups -OCH3 is 1. The molecule has 33 heavy (non-hydrogen) atoms. The maximum absolute atomic E-state index is 13.0. The molecule has 3 rings (SSSR count). The van der Waals surface area contributed by atoms with Crippen molar-refractivity contribution in [3.8, 4) is 5.75 Å². The quantitative estimate of drug-likeness (QED) is 0.195. The molecule has 0 aliphatic rings. The molecule has 176 valence electrons. The first-order valence-corrected chi connectivity index (χ1v) is 11.7. The zero-order valence-corrected chi connectivity index (χ0v) is 20.8. The number of hydrogen-bond acceptors (Lipinski definition) is 6. The van der Waals surface area contributed by atoms with Crippen LogP contribution in [0.25, 0.3) is 10.9 Å². The van der Waals surface area contributed by atoms with Crippen LogP contribution in [0.15, 0.2) is 34.8 Å². The van der Waals surface area contributed by atoms with Crippen LogP contribution in [0, 0.1) is 17.0 Å². The van der Waals surface area contributed by atoms with Crippen LogP contribution in [-0.4, -0.2) is 29.2 Å². The number of rotatable bonds is 10. The van der Waals surface area contributed by atoms with Gasteiger partial charge in [-0.15, -0.1) is 0 Å². The number of aryl methyl sites for hydroxylation is 2. The molecule has 0 atom stereocenters. The van der Waals surface area contributed by atoms with E-state index in [0.29, 0.717) is 29.1 Å². The molecule has 0 amide bonds. The summed E-state index contributed by atoms with van der Waals surface area (Å²) in [7, 11) is 1.58. The van der Waals surface area contributed by atoms with Gasteiger partial charge in [0.15, 0.2) is 0 Å². The zero-order chi connectivity index (χ0) is 24.1. The highest BCUT2D eigenvalue weighted by molar-refractivity contribution is 9.10. The standard InChI is InChI=1S/C24H28BrN3O5/c1-5-7-10-27-20-13-18(25)22(32-4)12-17(20)23(24(29)33-6-2)21(27)14-26-16-9-8-15(3)19(11-16)28(30)31/h8-9,11-13,26H,5-7,10,14H2,1-4H3. The third-order valence-electron chi connectivity index (χ3n) is 5.53. The van der Waals surface area contributed by atoms with Crippen LogP contribution in [0.4, 0.5) is 11.4 Å².